The molecule has 0 saturated carbocycles. The second-order valence-electron chi connectivity index (χ2n) is 8.06. The lowest BCUT2D eigenvalue weighted by molar-refractivity contribution is 0.377. The van der Waals surface area contributed by atoms with Crippen molar-refractivity contribution in [3.05, 3.63) is 42.9 Å². The molecule has 3 aromatic heterocycles. The number of piperidine rings is 1. The first kappa shape index (κ1) is 16.7. The second-order valence-corrected chi connectivity index (χ2v) is 8.06. The van der Waals surface area contributed by atoms with Gasteiger partial charge in [0.1, 0.15) is 5.82 Å². The second kappa shape index (κ2) is 6.66. The van der Waals surface area contributed by atoms with E-state index in [0.717, 1.165) is 51.9 Å². The minimum Gasteiger partial charge on any atom is -0.366 e. The molecule has 0 spiro atoms. The number of aromatic amines is 2. The van der Waals surface area contributed by atoms with Crippen LogP contribution >= 0.6 is 0 Å². The van der Waals surface area contributed by atoms with Crippen LogP contribution in [0, 0.1) is 0 Å². The highest BCUT2D eigenvalue weighted by atomic mass is 15.2. The highest BCUT2D eigenvalue weighted by Gasteiger charge is 2.33. The molecule has 1 aromatic carbocycles. The van der Waals surface area contributed by atoms with Crippen molar-refractivity contribution in [2.75, 3.05) is 5.32 Å². The van der Waals surface area contributed by atoms with Crippen LogP contribution in [-0.2, 0) is 0 Å². The van der Waals surface area contributed by atoms with Gasteiger partial charge in [-0.05, 0) is 49.4 Å². The highest BCUT2D eigenvalue weighted by Crippen LogP contribution is 2.33. The fraction of sp³-hybridized carbons (Fsp3) is 0.333. The van der Waals surface area contributed by atoms with E-state index in [9.17, 15) is 0 Å². The average Bonchev–Trinajstić information content (AvgIpc) is 3.49. The summed E-state index contributed by atoms with van der Waals surface area (Å²) in [5.41, 5.74) is 4.88. The molecular formula is C21H22N8. The largest absolute Gasteiger partial charge is 0.366 e. The fourth-order valence-electron chi connectivity index (χ4n) is 4.84. The number of H-pyrrole nitrogens is 2. The molecule has 2 aliphatic heterocycles. The normalized spacial score (nSPS) is 23.5. The van der Waals surface area contributed by atoms with Gasteiger partial charge >= 0.3 is 0 Å². The lowest BCUT2D eigenvalue weighted by Crippen LogP contribution is -2.43. The molecule has 2 unspecified atom stereocenters. The van der Waals surface area contributed by atoms with Crippen LogP contribution in [0.25, 0.3) is 33.3 Å². The van der Waals surface area contributed by atoms with Gasteiger partial charge < -0.3 is 10.6 Å². The smallest absolute Gasteiger partial charge is 0.148 e. The Balaban J connectivity index is 1.27. The standard InChI is InChI=1S/C21H22N8/c1-2-14-8-15(7-13(1)25-14)26-20-6-5-19(27-28-20)17-4-3-16(12-9-22-23-10-12)18-11-24-29-21(17)18/h3-6,9-11,13-15,25H,1-2,7-8H2,(H,22,23)(H,24,29)(H,26,28). The van der Waals surface area contributed by atoms with E-state index in [1.165, 1.54) is 12.8 Å². The number of nitrogens with zero attached hydrogens (tertiary/aromatic N) is 4. The van der Waals surface area contributed by atoms with E-state index in [1.807, 2.05) is 30.7 Å². The molecule has 2 aliphatic rings. The zero-order chi connectivity index (χ0) is 19.2. The highest BCUT2D eigenvalue weighted by molar-refractivity contribution is 6.01. The van der Waals surface area contributed by atoms with Crippen molar-refractivity contribution in [2.24, 2.45) is 0 Å². The minimum absolute atomic E-state index is 0.474. The van der Waals surface area contributed by atoms with Crippen LogP contribution in [0.3, 0.4) is 0 Å². The van der Waals surface area contributed by atoms with Crippen molar-refractivity contribution < 1.29 is 0 Å². The molecule has 2 saturated heterocycles. The summed E-state index contributed by atoms with van der Waals surface area (Å²) in [6.45, 7) is 0. The van der Waals surface area contributed by atoms with E-state index in [2.05, 4.69) is 53.4 Å². The molecule has 5 heterocycles. The molecule has 146 valence electrons. The lowest BCUT2D eigenvalue weighted by Gasteiger charge is -2.29. The molecule has 2 atom stereocenters. The summed E-state index contributed by atoms with van der Waals surface area (Å²) in [6.07, 6.45) is 10.4. The fourth-order valence-corrected chi connectivity index (χ4v) is 4.84. The number of anilines is 1. The van der Waals surface area contributed by atoms with Crippen molar-refractivity contribution in [1.29, 1.82) is 0 Å². The zero-order valence-corrected chi connectivity index (χ0v) is 15.9. The molecule has 2 fully saturated rings. The predicted molar refractivity (Wildman–Crippen MR) is 111 cm³/mol. The Kier molecular flexibility index (Phi) is 3.83. The number of hydrogen-bond donors (Lipinski definition) is 4. The maximum Gasteiger partial charge on any atom is 0.148 e. The zero-order valence-electron chi connectivity index (χ0n) is 15.9. The van der Waals surface area contributed by atoms with E-state index >= 15 is 0 Å². The van der Waals surface area contributed by atoms with Crippen LogP contribution in [-0.4, -0.2) is 48.7 Å². The third kappa shape index (κ3) is 2.96. The summed E-state index contributed by atoms with van der Waals surface area (Å²) >= 11 is 0. The van der Waals surface area contributed by atoms with E-state index in [1.54, 1.807) is 0 Å². The van der Waals surface area contributed by atoms with Crippen molar-refractivity contribution >= 4 is 16.7 Å². The van der Waals surface area contributed by atoms with Crippen LogP contribution in [0.2, 0.25) is 0 Å². The summed E-state index contributed by atoms with van der Waals surface area (Å²) in [4.78, 5) is 0. The number of aromatic nitrogens is 6. The summed E-state index contributed by atoms with van der Waals surface area (Å²) in [5, 5.41) is 31.5. The molecule has 2 bridgehead atoms. The first-order valence-corrected chi connectivity index (χ1v) is 10.2. The van der Waals surface area contributed by atoms with Crippen LogP contribution in [0.1, 0.15) is 25.7 Å². The van der Waals surface area contributed by atoms with Gasteiger partial charge in [0.05, 0.1) is 23.6 Å². The summed E-state index contributed by atoms with van der Waals surface area (Å²) in [6, 6.07) is 9.97. The van der Waals surface area contributed by atoms with Crippen LogP contribution in [0.5, 0.6) is 0 Å². The lowest BCUT2D eigenvalue weighted by atomic mass is 9.99. The van der Waals surface area contributed by atoms with Gasteiger partial charge in [-0.3, -0.25) is 10.2 Å². The molecular weight excluding hydrogens is 364 g/mol. The van der Waals surface area contributed by atoms with Gasteiger partial charge in [-0.1, -0.05) is 6.07 Å². The van der Waals surface area contributed by atoms with Gasteiger partial charge in [-0.2, -0.15) is 10.2 Å². The number of rotatable bonds is 4. The van der Waals surface area contributed by atoms with E-state index in [0.29, 0.717) is 18.1 Å². The number of nitrogens with one attached hydrogen (secondary N) is 4. The average molecular weight is 386 g/mol. The van der Waals surface area contributed by atoms with Crippen molar-refractivity contribution in [3.8, 4) is 22.4 Å². The SMILES string of the molecule is c1n[nH]cc1-c1ccc(-c2ccc(NC3CC4CCC(C3)N4)nn2)c2[nH]ncc12. The van der Waals surface area contributed by atoms with Crippen molar-refractivity contribution in [3.63, 3.8) is 0 Å². The number of benzene rings is 1. The molecule has 0 aliphatic carbocycles. The molecule has 4 N–H and O–H groups in total. The maximum absolute atomic E-state index is 4.50. The summed E-state index contributed by atoms with van der Waals surface area (Å²) in [5.74, 6) is 0.843. The molecule has 8 heteroatoms. The Bertz CT molecular complexity index is 1120. The Morgan fingerprint density at radius 3 is 2.52 bits per heavy atom. The Labute approximate surface area is 167 Å². The third-order valence-corrected chi connectivity index (χ3v) is 6.19. The molecule has 4 aromatic rings. The van der Waals surface area contributed by atoms with Gasteiger partial charge in [-0.15, -0.1) is 10.2 Å². The molecule has 6 rings (SSSR count). The Morgan fingerprint density at radius 2 is 1.76 bits per heavy atom. The van der Waals surface area contributed by atoms with E-state index in [4.69, 9.17) is 0 Å². The van der Waals surface area contributed by atoms with Gasteiger partial charge in [-0.25, -0.2) is 0 Å². The minimum atomic E-state index is 0.474. The van der Waals surface area contributed by atoms with Gasteiger partial charge in [0.15, 0.2) is 0 Å². The number of fused-ring (bicyclic) bond motifs is 3. The van der Waals surface area contributed by atoms with Crippen LogP contribution in [0.15, 0.2) is 42.9 Å². The van der Waals surface area contributed by atoms with Gasteiger partial charge in [0.2, 0.25) is 0 Å². The van der Waals surface area contributed by atoms with Crippen molar-refractivity contribution in [1.82, 2.24) is 35.9 Å². The molecule has 0 amide bonds. The molecule has 8 nitrogen and oxygen atoms in total. The topological polar surface area (TPSA) is 107 Å². The van der Waals surface area contributed by atoms with Crippen LogP contribution < -0.4 is 10.6 Å². The monoisotopic (exact) mass is 386 g/mol. The van der Waals surface area contributed by atoms with E-state index in [-0.39, 0.29) is 0 Å². The van der Waals surface area contributed by atoms with E-state index < -0.39 is 0 Å². The molecule has 0 radical (unpaired) electrons. The van der Waals surface area contributed by atoms with Crippen LogP contribution in [0.4, 0.5) is 5.82 Å². The Morgan fingerprint density at radius 1 is 0.897 bits per heavy atom. The molecule has 29 heavy (non-hydrogen) atoms. The number of hydrogen-bond acceptors (Lipinski definition) is 6. The summed E-state index contributed by atoms with van der Waals surface area (Å²) in [7, 11) is 0. The first-order valence-electron chi connectivity index (χ1n) is 10.2. The van der Waals surface area contributed by atoms with Crippen molar-refractivity contribution in [2.45, 2.75) is 43.8 Å². The van der Waals surface area contributed by atoms with Gasteiger partial charge in [0.25, 0.3) is 0 Å². The van der Waals surface area contributed by atoms with Gasteiger partial charge in [0, 0.05) is 40.8 Å². The summed E-state index contributed by atoms with van der Waals surface area (Å²) < 4.78 is 0. The maximum atomic E-state index is 4.50. The third-order valence-electron chi connectivity index (χ3n) is 6.19. The quantitative estimate of drug-likeness (QED) is 0.429. The Hall–Kier alpha value is -3.26. The predicted octanol–water partition coefficient (Wildman–Crippen LogP) is 3.10. The first-order chi connectivity index (χ1) is 14.3.